The second-order valence-electron chi connectivity index (χ2n) is 20.8. The lowest BCUT2D eigenvalue weighted by molar-refractivity contribution is -0.161. The van der Waals surface area contributed by atoms with Gasteiger partial charge in [0.25, 0.3) is 0 Å². The lowest BCUT2D eigenvalue weighted by Crippen LogP contribution is -2.30. The van der Waals surface area contributed by atoms with E-state index >= 15 is 0 Å². The maximum atomic E-state index is 12.9. The lowest BCUT2D eigenvalue weighted by Gasteiger charge is -2.21. The van der Waals surface area contributed by atoms with Crippen molar-refractivity contribution >= 4 is 39.5 Å². The third-order valence-electron chi connectivity index (χ3n) is 12.8. The maximum absolute atomic E-state index is 12.9. The van der Waals surface area contributed by atoms with Gasteiger partial charge in [-0.05, 0) is 31.6 Å². The minimum Gasteiger partial charge on any atom is -0.462 e. The van der Waals surface area contributed by atoms with E-state index in [1.54, 1.807) is 0 Å². The van der Waals surface area contributed by atoms with Crippen molar-refractivity contribution in [2.45, 2.75) is 291 Å². The summed E-state index contributed by atoms with van der Waals surface area (Å²) in [6, 6.07) is 0. The first kappa shape index (κ1) is 73.1. The number of unbranched alkanes of at least 4 members (excludes halogenated alkanes) is 28. The Morgan fingerprint density at radius 1 is 0.360 bits per heavy atom. The molecule has 75 heavy (non-hydrogen) atoms. The summed E-state index contributed by atoms with van der Waals surface area (Å²) in [6.07, 6.45) is 31.1. The zero-order valence-corrected chi connectivity index (χ0v) is 49.5. The Balaban J connectivity index is 5.18. The number of aliphatic hydroxyl groups excluding tert-OH is 1. The van der Waals surface area contributed by atoms with Crippen LogP contribution in [0, 0.1) is 5.92 Å². The predicted molar refractivity (Wildman–Crippen MR) is 294 cm³/mol. The van der Waals surface area contributed by atoms with Gasteiger partial charge >= 0.3 is 39.5 Å². The van der Waals surface area contributed by atoms with E-state index in [1.165, 1.54) is 83.5 Å². The molecule has 5 atom stereocenters. The van der Waals surface area contributed by atoms with Crippen molar-refractivity contribution in [3.8, 4) is 0 Å². The van der Waals surface area contributed by atoms with Gasteiger partial charge in [-0.25, -0.2) is 9.13 Å². The molecular weight excluding hydrogens is 1010 g/mol. The van der Waals surface area contributed by atoms with Gasteiger partial charge in [0.1, 0.15) is 19.3 Å². The standard InChI is InChI=1S/C56H108O17P2/c1-6-9-12-15-17-19-20-22-26-32-37-42-56(61)73-52(46-67-54(59)40-35-30-27-23-24-29-33-38-49(4)5)48-71-75(64,65)69-44-50(57)43-68-74(62,63)70-47-51(45-66-53(58)39-34-28-14-11-8-3)72-55(60)41-36-31-25-21-18-16-13-10-7-2/h49-52,57H,6-48H2,1-5H3,(H,62,63)(H,64,65)/t50-,51+,52+/m0/s1. The first-order chi connectivity index (χ1) is 36.0. The molecule has 19 heteroatoms. The zero-order chi connectivity index (χ0) is 55.7. The number of rotatable bonds is 56. The van der Waals surface area contributed by atoms with Gasteiger partial charge in [-0.15, -0.1) is 0 Å². The second kappa shape index (κ2) is 50.3. The summed E-state index contributed by atoms with van der Waals surface area (Å²) in [7, 11) is -9.86. The van der Waals surface area contributed by atoms with E-state index in [0.29, 0.717) is 31.6 Å². The number of aliphatic hydroxyl groups is 1. The minimum atomic E-state index is -4.93. The lowest BCUT2D eigenvalue weighted by atomic mass is 10.0. The molecule has 0 saturated carbocycles. The smallest absolute Gasteiger partial charge is 0.462 e. The van der Waals surface area contributed by atoms with Crippen molar-refractivity contribution in [3.63, 3.8) is 0 Å². The molecule has 0 saturated heterocycles. The Labute approximate surface area is 454 Å². The van der Waals surface area contributed by atoms with Gasteiger partial charge in [0.05, 0.1) is 26.4 Å². The molecule has 3 N–H and O–H groups in total. The van der Waals surface area contributed by atoms with Crippen molar-refractivity contribution in [2.24, 2.45) is 5.92 Å². The van der Waals surface area contributed by atoms with E-state index in [4.69, 9.17) is 37.0 Å². The fourth-order valence-electron chi connectivity index (χ4n) is 8.17. The van der Waals surface area contributed by atoms with Gasteiger partial charge in [-0.2, -0.15) is 0 Å². The van der Waals surface area contributed by atoms with Crippen molar-refractivity contribution in [1.29, 1.82) is 0 Å². The summed E-state index contributed by atoms with van der Waals surface area (Å²) in [4.78, 5) is 71.5. The van der Waals surface area contributed by atoms with Crippen LogP contribution in [-0.2, 0) is 65.4 Å². The molecule has 0 aromatic heterocycles. The Morgan fingerprint density at radius 3 is 0.907 bits per heavy atom. The highest BCUT2D eigenvalue weighted by Crippen LogP contribution is 2.45. The van der Waals surface area contributed by atoms with Gasteiger partial charge in [0.15, 0.2) is 12.2 Å². The van der Waals surface area contributed by atoms with Gasteiger partial charge in [-0.1, -0.05) is 221 Å². The number of carbonyl (C=O) groups excluding carboxylic acids is 4. The Morgan fingerprint density at radius 2 is 0.613 bits per heavy atom. The molecule has 0 rings (SSSR count). The molecule has 0 bridgehead atoms. The average molecular weight is 1120 g/mol. The molecule has 0 spiro atoms. The first-order valence-corrected chi connectivity index (χ1v) is 32.6. The molecule has 0 aromatic carbocycles. The number of hydrogen-bond acceptors (Lipinski definition) is 15. The molecule has 17 nitrogen and oxygen atoms in total. The molecule has 0 aliphatic carbocycles. The summed E-state index contributed by atoms with van der Waals surface area (Å²) in [5.41, 5.74) is 0. The van der Waals surface area contributed by atoms with Crippen LogP contribution in [0.5, 0.6) is 0 Å². The first-order valence-electron chi connectivity index (χ1n) is 29.6. The quantitative estimate of drug-likeness (QED) is 0.0222. The van der Waals surface area contributed by atoms with Crippen molar-refractivity contribution in [3.05, 3.63) is 0 Å². The van der Waals surface area contributed by atoms with E-state index in [9.17, 15) is 43.2 Å². The Bertz CT molecular complexity index is 1480. The van der Waals surface area contributed by atoms with Crippen molar-refractivity contribution in [2.75, 3.05) is 39.6 Å². The van der Waals surface area contributed by atoms with Crippen molar-refractivity contribution < 1.29 is 80.2 Å². The molecule has 0 fully saturated rings. The number of phosphoric acid groups is 2. The number of hydrogen-bond donors (Lipinski definition) is 3. The third kappa shape index (κ3) is 51.3. The summed E-state index contributed by atoms with van der Waals surface area (Å²) in [5, 5.41) is 10.5. The van der Waals surface area contributed by atoms with E-state index in [1.807, 2.05) is 0 Å². The Hall–Kier alpha value is -1.94. The van der Waals surface area contributed by atoms with Crippen LogP contribution in [0.4, 0.5) is 0 Å². The summed E-state index contributed by atoms with van der Waals surface area (Å²) in [5.74, 6) is -1.45. The highest BCUT2D eigenvalue weighted by Gasteiger charge is 2.30. The van der Waals surface area contributed by atoms with Crippen LogP contribution < -0.4 is 0 Å². The van der Waals surface area contributed by atoms with Crippen LogP contribution in [0.3, 0.4) is 0 Å². The van der Waals surface area contributed by atoms with Gasteiger partial charge < -0.3 is 33.8 Å². The number of ether oxygens (including phenoxy) is 4. The molecule has 0 aliphatic heterocycles. The van der Waals surface area contributed by atoms with Crippen LogP contribution in [0.2, 0.25) is 0 Å². The minimum absolute atomic E-state index is 0.105. The third-order valence-corrected chi connectivity index (χ3v) is 14.7. The summed E-state index contributed by atoms with van der Waals surface area (Å²) >= 11 is 0. The molecule has 2 unspecified atom stereocenters. The van der Waals surface area contributed by atoms with E-state index in [-0.39, 0.29) is 25.7 Å². The fraction of sp³-hybridized carbons (Fsp3) is 0.929. The van der Waals surface area contributed by atoms with Gasteiger partial charge in [0.2, 0.25) is 0 Å². The summed E-state index contributed by atoms with van der Waals surface area (Å²) < 4.78 is 67.4. The number of phosphoric ester groups is 2. The molecule has 0 heterocycles. The molecule has 444 valence electrons. The van der Waals surface area contributed by atoms with Crippen LogP contribution in [0.15, 0.2) is 0 Å². The number of esters is 4. The number of carbonyl (C=O) groups is 4. The average Bonchev–Trinajstić information content (AvgIpc) is 3.37. The highest BCUT2D eigenvalue weighted by molar-refractivity contribution is 7.47. The van der Waals surface area contributed by atoms with Crippen LogP contribution in [-0.4, -0.2) is 96.7 Å². The maximum Gasteiger partial charge on any atom is 0.472 e. The monoisotopic (exact) mass is 1110 g/mol. The van der Waals surface area contributed by atoms with E-state index in [0.717, 1.165) is 103 Å². The highest BCUT2D eigenvalue weighted by atomic mass is 31.2. The van der Waals surface area contributed by atoms with Crippen LogP contribution >= 0.6 is 15.6 Å². The van der Waals surface area contributed by atoms with Gasteiger partial charge in [-0.3, -0.25) is 37.3 Å². The molecule has 0 amide bonds. The largest absolute Gasteiger partial charge is 0.472 e. The van der Waals surface area contributed by atoms with E-state index < -0.39 is 97.5 Å². The summed E-state index contributed by atoms with van der Waals surface area (Å²) in [6.45, 7) is 6.97. The molecule has 0 radical (unpaired) electrons. The van der Waals surface area contributed by atoms with Gasteiger partial charge in [0, 0.05) is 25.7 Å². The topological polar surface area (TPSA) is 237 Å². The molecule has 0 aliphatic rings. The predicted octanol–water partition coefficient (Wildman–Crippen LogP) is 14.7. The molecule has 0 aromatic rings. The second-order valence-corrected chi connectivity index (χ2v) is 23.7. The fourth-order valence-corrected chi connectivity index (χ4v) is 9.75. The van der Waals surface area contributed by atoms with Crippen LogP contribution in [0.25, 0.3) is 0 Å². The van der Waals surface area contributed by atoms with Crippen LogP contribution in [0.1, 0.15) is 272 Å². The SMILES string of the molecule is CCCCCCCCCCCCCC(=O)O[C@H](COC(=O)CCCCCCCCCC(C)C)COP(=O)(O)OC[C@@H](O)COP(=O)(O)OC[C@@H](COC(=O)CCCCCCC)OC(=O)CCCCCCCCCCC. The Kier molecular flexibility index (Phi) is 49.0. The zero-order valence-electron chi connectivity index (χ0n) is 47.7. The van der Waals surface area contributed by atoms with Crippen molar-refractivity contribution in [1.82, 2.24) is 0 Å². The molecular formula is C56H108O17P2. The van der Waals surface area contributed by atoms with E-state index in [2.05, 4.69) is 34.6 Å². The normalized spacial score (nSPS) is 14.5.